The van der Waals surface area contributed by atoms with E-state index in [1.54, 1.807) is 6.07 Å². The molecule has 0 aliphatic carbocycles. The van der Waals surface area contributed by atoms with E-state index in [2.05, 4.69) is 35.1 Å². The lowest BCUT2D eigenvalue weighted by molar-refractivity contribution is 0.398. The van der Waals surface area contributed by atoms with E-state index in [-0.39, 0.29) is 11.9 Å². The highest BCUT2D eigenvalue weighted by molar-refractivity contribution is 9.10. The van der Waals surface area contributed by atoms with Crippen LogP contribution in [0.1, 0.15) is 37.4 Å². The second kappa shape index (κ2) is 4.84. The van der Waals surface area contributed by atoms with E-state index < -0.39 is 0 Å². The van der Waals surface area contributed by atoms with Gasteiger partial charge in [-0.1, -0.05) is 29.8 Å². The summed E-state index contributed by atoms with van der Waals surface area (Å²) in [5, 5.41) is 3.41. The van der Waals surface area contributed by atoms with Crippen LogP contribution in [-0.2, 0) is 6.42 Å². The Balaban J connectivity index is 2.40. The topological polar surface area (TPSA) is 12.0 Å². The van der Waals surface area contributed by atoms with Crippen LogP contribution in [0.4, 0.5) is 4.39 Å². The largest absolute Gasteiger partial charge is 0.309 e. The second-order valence-electron chi connectivity index (χ2n) is 4.81. The molecule has 0 fully saturated rings. The minimum absolute atomic E-state index is 0.0731. The molecule has 0 radical (unpaired) electrons. The molecule has 0 bridgehead atoms. The summed E-state index contributed by atoms with van der Waals surface area (Å²) in [6.45, 7) is 5.28. The maximum absolute atomic E-state index is 13.9. The van der Waals surface area contributed by atoms with Crippen LogP contribution in [0.3, 0.4) is 0 Å². The van der Waals surface area contributed by atoms with Crippen molar-refractivity contribution < 1.29 is 4.39 Å². The first-order valence-electron chi connectivity index (χ1n) is 5.79. The molecule has 2 rings (SSSR count). The molecule has 0 saturated carbocycles. The number of hydrogen-bond acceptors (Lipinski definition) is 1. The zero-order chi connectivity index (χ0) is 11.7. The van der Waals surface area contributed by atoms with Crippen LogP contribution in [0, 0.1) is 11.7 Å². The van der Waals surface area contributed by atoms with Gasteiger partial charge >= 0.3 is 0 Å². The SMILES string of the molecule is CC(C)CC1NCCc2c(Br)ccc(F)c21. The fraction of sp³-hybridized carbons (Fsp3) is 0.538. The van der Waals surface area contributed by atoms with Gasteiger partial charge in [-0.15, -0.1) is 0 Å². The summed E-state index contributed by atoms with van der Waals surface area (Å²) in [6.07, 6.45) is 1.89. The Morgan fingerprint density at radius 1 is 1.50 bits per heavy atom. The van der Waals surface area contributed by atoms with Crippen molar-refractivity contribution in [3.05, 3.63) is 33.5 Å². The van der Waals surface area contributed by atoms with E-state index in [4.69, 9.17) is 0 Å². The molecule has 16 heavy (non-hydrogen) atoms. The van der Waals surface area contributed by atoms with Gasteiger partial charge in [0.2, 0.25) is 0 Å². The highest BCUT2D eigenvalue weighted by Crippen LogP contribution is 2.34. The van der Waals surface area contributed by atoms with Gasteiger partial charge in [0.1, 0.15) is 5.82 Å². The molecule has 1 nitrogen and oxygen atoms in total. The van der Waals surface area contributed by atoms with Crippen molar-refractivity contribution in [2.45, 2.75) is 32.7 Å². The number of rotatable bonds is 2. The van der Waals surface area contributed by atoms with Crippen LogP contribution in [0.2, 0.25) is 0 Å². The van der Waals surface area contributed by atoms with Crippen LogP contribution < -0.4 is 5.32 Å². The highest BCUT2D eigenvalue weighted by Gasteiger charge is 2.25. The fourth-order valence-electron chi connectivity index (χ4n) is 2.39. The number of nitrogens with one attached hydrogen (secondary N) is 1. The quantitative estimate of drug-likeness (QED) is 0.871. The van der Waals surface area contributed by atoms with Crippen molar-refractivity contribution in [1.29, 1.82) is 0 Å². The predicted molar refractivity (Wildman–Crippen MR) is 68.0 cm³/mol. The van der Waals surface area contributed by atoms with Gasteiger partial charge in [-0.2, -0.15) is 0 Å². The molecular weight excluding hydrogens is 269 g/mol. The van der Waals surface area contributed by atoms with Crippen molar-refractivity contribution in [1.82, 2.24) is 5.32 Å². The number of halogens is 2. The summed E-state index contributed by atoms with van der Waals surface area (Å²) in [6, 6.07) is 3.54. The molecule has 88 valence electrons. The maximum Gasteiger partial charge on any atom is 0.128 e. The Morgan fingerprint density at radius 3 is 2.94 bits per heavy atom. The van der Waals surface area contributed by atoms with E-state index in [1.165, 1.54) is 0 Å². The first-order valence-corrected chi connectivity index (χ1v) is 6.59. The van der Waals surface area contributed by atoms with Gasteiger partial charge in [-0.3, -0.25) is 0 Å². The Morgan fingerprint density at radius 2 is 2.25 bits per heavy atom. The lowest BCUT2D eigenvalue weighted by Gasteiger charge is -2.29. The Kier molecular flexibility index (Phi) is 3.65. The normalized spacial score (nSPS) is 19.9. The van der Waals surface area contributed by atoms with Gasteiger partial charge < -0.3 is 5.32 Å². The van der Waals surface area contributed by atoms with Crippen molar-refractivity contribution in [2.24, 2.45) is 5.92 Å². The Hall–Kier alpha value is -0.410. The Bertz CT molecular complexity index is 390. The average Bonchev–Trinajstić information content (AvgIpc) is 2.23. The van der Waals surface area contributed by atoms with Gasteiger partial charge in [0, 0.05) is 16.1 Å². The Labute approximate surface area is 105 Å². The van der Waals surface area contributed by atoms with Crippen LogP contribution in [0.5, 0.6) is 0 Å². The summed E-state index contributed by atoms with van der Waals surface area (Å²) in [5.74, 6) is 0.498. The molecule has 3 heteroatoms. The number of benzene rings is 1. The average molecular weight is 286 g/mol. The summed E-state index contributed by atoms with van der Waals surface area (Å²) in [7, 11) is 0. The van der Waals surface area contributed by atoms with Crippen molar-refractivity contribution in [3.63, 3.8) is 0 Å². The van der Waals surface area contributed by atoms with E-state index >= 15 is 0 Å². The van der Waals surface area contributed by atoms with E-state index in [0.29, 0.717) is 5.92 Å². The van der Waals surface area contributed by atoms with Crippen molar-refractivity contribution in [2.75, 3.05) is 6.54 Å². The van der Waals surface area contributed by atoms with Gasteiger partial charge in [0.05, 0.1) is 0 Å². The third kappa shape index (κ3) is 2.30. The first-order chi connectivity index (χ1) is 7.59. The van der Waals surface area contributed by atoms with Gasteiger partial charge in [-0.05, 0) is 43.0 Å². The van der Waals surface area contributed by atoms with Crippen LogP contribution >= 0.6 is 15.9 Å². The molecule has 1 atom stereocenters. The maximum atomic E-state index is 13.9. The monoisotopic (exact) mass is 285 g/mol. The minimum atomic E-state index is -0.0731. The molecule has 0 saturated heterocycles. The fourth-order valence-corrected chi connectivity index (χ4v) is 2.93. The third-order valence-electron chi connectivity index (χ3n) is 3.07. The summed E-state index contributed by atoms with van der Waals surface area (Å²) in [4.78, 5) is 0. The molecule has 1 N–H and O–H groups in total. The van der Waals surface area contributed by atoms with Gasteiger partial charge in [0.25, 0.3) is 0 Å². The molecule has 1 unspecified atom stereocenters. The lowest BCUT2D eigenvalue weighted by atomic mass is 9.89. The number of hydrogen-bond donors (Lipinski definition) is 1. The first kappa shape index (κ1) is 12.1. The zero-order valence-corrected chi connectivity index (χ0v) is 11.3. The standard InChI is InChI=1S/C13H17BrFN/c1-8(2)7-12-13-9(5-6-16-12)10(14)3-4-11(13)15/h3-4,8,12,16H,5-7H2,1-2H3. The molecule has 1 aromatic rings. The number of fused-ring (bicyclic) bond motifs is 1. The molecule has 1 aliphatic rings. The van der Waals surface area contributed by atoms with E-state index in [0.717, 1.165) is 35.0 Å². The molecular formula is C13H17BrFN. The smallest absolute Gasteiger partial charge is 0.128 e. The highest BCUT2D eigenvalue weighted by atomic mass is 79.9. The van der Waals surface area contributed by atoms with Crippen molar-refractivity contribution >= 4 is 15.9 Å². The molecule has 0 amide bonds. The van der Waals surface area contributed by atoms with Crippen molar-refractivity contribution in [3.8, 4) is 0 Å². The van der Waals surface area contributed by atoms with Gasteiger partial charge in [-0.25, -0.2) is 4.39 Å². The summed E-state index contributed by atoms with van der Waals surface area (Å²) >= 11 is 3.52. The van der Waals surface area contributed by atoms with Crippen LogP contribution in [0.25, 0.3) is 0 Å². The lowest BCUT2D eigenvalue weighted by Crippen LogP contribution is -2.32. The molecule has 1 aromatic carbocycles. The molecule has 1 heterocycles. The van der Waals surface area contributed by atoms with Crippen LogP contribution in [-0.4, -0.2) is 6.54 Å². The molecule has 0 spiro atoms. The molecule has 0 aromatic heterocycles. The minimum Gasteiger partial charge on any atom is -0.309 e. The summed E-state index contributed by atoms with van der Waals surface area (Å²) in [5.41, 5.74) is 2.01. The summed E-state index contributed by atoms with van der Waals surface area (Å²) < 4.78 is 14.9. The third-order valence-corrected chi connectivity index (χ3v) is 3.81. The molecule has 1 aliphatic heterocycles. The second-order valence-corrected chi connectivity index (χ2v) is 5.66. The van der Waals surface area contributed by atoms with Gasteiger partial charge in [0.15, 0.2) is 0 Å². The predicted octanol–water partition coefficient (Wildman–Crippen LogP) is 3.82. The van der Waals surface area contributed by atoms with E-state index in [9.17, 15) is 4.39 Å². The van der Waals surface area contributed by atoms with E-state index in [1.807, 2.05) is 6.07 Å². The van der Waals surface area contributed by atoms with Crippen LogP contribution in [0.15, 0.2) is 16.6 Å². The zero-order valence-electron chi connectivity index (χ0n) is 9.69.